The second-order valence-electron chi connectivity index (χ2n) is 6.80. The highest BCUT2D eigenvalue weighted by Gasteiger charge is 2.14. The van der Waals surface area contributed by atoms with Crippen LogP contribution in [0.1, 0.15) is 30.9 Å². The Bertz CT molecular complexity index is 706. The zero-order valence-corrected chi connectivity index (χ0v) is 14.8. The van der Waals surface area contributed by atoms with Crippen molar-refractivity contribution in [2.45, 2.75) is 26.7 Å². The molecular weight excluding hydrogens is 302 g/mol. The number of morpholine rings is 1. The van der Waals surface area contributed by atoms with Crippen molar-refractivity contribution in [2.24, 2.45) is 0 Å². The zero-order valence-electron chi connectivity index (χ0n) is 14.8. The number of ether oxygens (including phenoxy) is 2. The van der Waals surface area contributed by atoms with Crippen molar-refractivity contribution >= 4 is 10.8 Å². The first-order valence-electron chi connectivity index (χ1n) is 8.75. The van der Waals surface area contributed by atoms with Gasteiger partial charge in [0.25, 0.3) is 0 Å². The summed E-state index contributed by atoms with van der Waals surface area (Å²) < 4.78 is 11.5. The highest BCUT2D eigenvalue weighted by atomic mass is 16.5. The van der Waals surface area contributed by atoms with Gasteiger partial charge in [-0.1, -0.05) is 26.0 Å². The van der Waals surface area contributed by atoms with E-state index in [0.29, 0.717) is 18.3 Å². The van der Waals surface area contributed by atoms with E-state index in [1.165, 1.54) is 0 Å². The van der Waals surface area contributed by atoms with E-state index in [0.717, 1.165) is 60.5 Å². The number of phenols is 1. The first-order valence-corrected chi connectivity index (χ1v) is 8.75. The van der Waals surface area contributed by atoms with Gasteiger partial charge in [0, 0.05) is 25.0 Å². The van der Waals surface area contributed by atoms with Crippen LogP contribution in [0.2, 0.25) is 0 Å². The number of phenolic OH excluding ortho intramolecular Hbond substituents is 1. The molecule has 3 rings (SSSR count). The lowest BCUT2D eigenvalue weighted by Gasteiger charge is -2.26. The van der Waals surface area contributed by atoms with Crippen LogP contribution in [0.4, 0.5) is 0 Å². The van der Waals surface area contributed by atoms with Crippen LogP contribution in [0.3, 0.4) is 0 Å². The molecule has 0 saturated carbocycles. The van der Waals surface area contributed by atoms with Crippen LogP contribution < -0.4 is 4.74 Å². The number of benzene rings is 2. The molecule has 1 fully saturated rings. The first-order chi connectivity index (χ1) is 11.6. The summed E-state index contributed by atoms with van der Waals surface area (Å²) in [6, 6.07) is 8.11. The predicted octanol–water partition coefficient (Wildman–Crippen LogP) is 3.69. The molecule has 0 aromatic heterocycles. The number of fused-ring (bicyclic) bond motifs is 1. The topological polar surface area (TPSA) is 41.9 Å². The van der Waals surface area contributed by atoms with Crippen LogP contribution in [0, 0.1) is 6.92 Å². The molecule has 0 bridgehead atoms. The van der Waals surface area contributed by atoms with E-state index in [1.54, 1.807) is 0 Å². The molecule has 0 unspecified atom stereocenters. The van der Waals surface area contributed by atoms with E-state index in [9.17, 15) is 5.11 Å². The highest BCUT2D eigenvalue weighted by Crippen LogP contribution is 2.36. The van der Waals surface area contributed by atoms with Crippen LogP contribution in [0.15, 0.2) is 24.3 Å². The maximum Gasteiger partial charge on any atom is 0.130 e. The van der Waals surface area contributed by atoms with E-state index in [-0.39, 0.29) is 0 Å². The Morgan fingerprint density at radius 3 is 2.67 bits per heavy atom. The first kappa shape index (κ1) is 17.1. The molecule has 1 aliphatic heterocycles. The van der Waals surface area contributed by atoms with Crippen LogP contribution in [0.25, 0.3) is 10.8 Å². The molecule has 1 aliphatic rings. The van der Waals surface area contributed by atoms with Gasteiger partial charge >= 0.3 is 0 Å². The molecule has 2 aromatic rings. The van der Waals surface area contributed by atoms with Crippen molar-refractivity contribution < 1.29 is 14.6 Å². The Morgan fingerprint density at radius 2 is 1.96 bits per heavy atom. The maximum absolute atomic E-state index is 10.3. The van der Waals surface area contributed by atoms with E-state index in [4.69, 9.17) is 9.47 Å². The van der Waals surface area contributed by atoms with E-state index in [2.05, 4.69) is 43.9 Å². The Morgan fingerprint density at radius 1 is 1.21 bits per heavy atom. The largest absolute Gasteiger partial charge is 0.508 e. The Hall–Kier alpha value is -1.78. The molecule has 2 aromatic carbocycles. The minimum absolute atomic E-state index is 0.293. The van der Waals surface area contributed by atoms with E-state index < -0.39 is 0 Å². The molecule has 4 nitrogen and oxygen atoms in total. The average molecular weight is 329 g/mol. The molecule has 0 spiro atoms. The number of hydrogen-bond acceptors (Lipinski definition) is 4. The minimum atomic E-state index is 0.293. The molecule has 0 aliphatic carbocycles. The van der Waals surface area contributed by atoms with Crippen molar-refractivity contribution in [3.05, 3.63) is 35.4 Å². The Balaban J connectivity index is 1.81. The minimum Gasteiger partial charge on any atom is -0.508 e. The van der Waals surface area contributed by atoms with E-state index >= 15 is 0 Å². The molecule has 1 saturated heterocycles. The summed E-state index contributed by atoms with van der Waals surface area (Å²) in [5.74, 6) is 1.52. The maximum atomic E-state index is 10.3. The molecule has 4 heteroatoms. The number of hydrogen-bond donors (Lipinski definition) is 1. The fourth-order valence-corrected chi connectivity index (χ4v) is 3.22. The lowest BCUT2D eigenvalue weighted by Crippen LogP contribution is -2.38. The fraction of sp³-hybridized carbons (Fsp3) is 0.500. The summed E-state index contributed by atoms with van der Waals surface area (Å²) in [6.07, 6.45) is 0. The second-order valence-corrected chi connectivity index (χ2v) is 6.80. The number of aryl methyl sites for hydroxylation is 1. The summed E-state index contributed by atoms with van der Waals surface area (Å²) in [5.41, 5.74) is 2.08. The number of nitrogens with zero attached hydrogens (tertiary/aromatic N) is 1. The van der Waals surface area contributed by atoms with Crippen LogP contribution in [0.5, 0.6) is 11.5 Å². The van der Waals surface area contributed by atoms with Crippen LogP contribution >= 0.6 is 0 Å². The lowest BCUT2D eigenvalue weighted by atomic mass is 9.96. The van der Waals surface area contributed by atoms with Gasteiger partial charge in [0.2, 0.25) is 0 Å². The number of aromatic hydroxyl groups is 1. The fourth-order valence-electron chi connectivity index (χ4n) is 3.22. The van der Waals surface area contributed by atoms with Gasteiger partial charge in [0.1, 0.15) is 18.1 Å². The SMILES string of the molecule is Cc1ccc2cc(C(C)C)c(O)cc2c1OCCN1CCOCC1. The molecular formula is C20H27NO3. The smallest absolute Gasteiger partial charge is 0.130 e. The van der Waals surface area contributed by atoms with Crippen LogP contribution in [-0.4, -0.2) is 49.5 Å². The van der Waals surface area contributed by atoms with Gasteiger partial charge in [-0.15, -0.1) is 0 Å². The lowest BCUT2D eigenvalue weighted by molar-refractivity contribution is 0.0323. The van der Waals surface area contributed by atoms with Gasteiger partial charge in [0.05, 0.1) is 13.2 Å². The predicted molar refractivity (Wildman–Crippen MR) is 97.2 cm³/mol. The van der Waals surface area contributed by atoms with Crippen molar-refractivity contribution in [1.29, 1.82) is 0 Å². The Kier molecular flexibility index (Phi) is 5.27. The standard InChI is InChI=1S/C20H27NO3/c1-14(2)17-12-16-5-4-15(3)20(18(16)13-19(17)22)24-11-8-21-6-9-23-10-7-21/h4-5,12-14,22H,6-11H2,1-3H3. The molecule has 1 N–H and O–H groups in total. The van der Waals surface area contributed by atoms with E-state index in [1.807, 2.05) is 6.07 Å². The van der Waals surface area contributed by atoms with Crippen LogP contribution in [-0.2, 0) is 4.74 Å². The average Bonchev–Trinajstić information content (AvgIpc) is 2.57. The van der Waals surface area contributed by atoms with Crippen molar-refractivity contribution in [3.8, 4) is 11.5 Å². The van der Waals surface area contributed by atoms with Crippen molar-refractivity contribution in [3.63, 3.8) is 0 Å². The summed E-state index contributed by atoms with van der Waals surface area (Å²) in [4.78, 5) is 2.36. The molecule has 1 heterocycles. The monoisotopic (exact) mass is 329 g/mol. The zero-order chi connectivity index (χ0) is 17.1. The second kappa shape index (κ2) is 7.41. The Labute approximate surface area is 144 Å². The summed E-state index contributed by atoms with van der Waals surface area (Å²) in [7, 11) is 0. The third-order valence-corrected chi connectivity index (χ3v) is 4.69. The van der Waals surface area contributed by atoms with Crippen molar-refractivity contribution in [2.75, 3.05) is 39.5 Å². The molecule has 0 amide bonds. The number of rotatable bonds is 5. The van der Waals surface area contributed by atoms with Gasteiger partial charge in [-0.05, 0) is 41.5 Å². The molecule has 130 valence electrons. The highest BCUT2D eigenvalue weighted by molar-refractivity contribution is 5.91. The van der Waals surface area contributed by atoms with Gasteiger partial charge in [-0.2, -0.15) is 0 Å². The third kappa shape index (κ3) is 3.65. The van der Waals surface area contributed by atoms with Gasteiger partial charge < -0.3 is 14.6 Å². The van der Waals surface area contributed by atoms with Crippen molar-refractivity contribution in [1.82, 2.24) is 4.90 Å². The normalized spacial score (nSPS) is 16.0. The summed E-state index contributed by atoms with van der Waals surface area (Å²) >= 11 is 0. The molecule has 0 radical (unpaired) electrons. The summed E-state index contributed by atoms with van der Waals surface area (Å²) in [6.45, 7) is 11.3. The molecule has 0 atom stereocenters. The summed E-state index contributed by atoms with van der Waals surface area (Å²) in [5, 5.41) is 12.4. The van der Waals surface area contributed by atoms with Gasteiger partial charge in [-0.25, -0.2) is 0 Å². The third-order valence-electron chi connectivity index (χ3n) is 4.69. The van der Waals surface area contributed by atoms with Gasteiger partial charge in [-0.3, -0.25) is 4.90 Å². The quantitative estimate of drug-likeness (QED) is 0.908. The van der Waals surface area contributed by atoms with Gasteiger partial charge in [0.15, 0.2) is 0 Å². The molecule has 24 heavy (non-hydrogen) atoms.